The molecular weight excluding hydrogens is 366 g/mol. The Morgan fingerprint density at radius 1 is 1.03 bits per heavy atom. The van der Waals surface area contributed by atoms with E-state index in [0.717, 1.165) is 24.3 Å². The van der Waals surface area contributed by atoms with Gasteiger partial charge in [0.05, 0.1) is 17.6 Å². The highest BCUT2D eigenvalue weighted by Gasteiger charge is 2.23. The molecule has 0 saturated carbocycles. The van der Waals surface area contributed by atoms with E-state index in [4.69, 9.17) is 0 Å². The molecule has 0 atom stereocenters. The maximum absolute atomic E-state index is 11.9. The minimum Gasteiger partial charge on any atom is -0.503 e. The predicted octanol–water partition coefficient (Wildman–Crippen LogP) is 4.25. The number of fused-ring (bicyclic) bond motifs is 1. The van der Waals surface area contributed by atoms with Crippen LogP contribution in [-0.2, 0) is 6.42 Å². The molecule has 0 spiro atoms. The normalized spacial score (nSPS) is 12.2. The first-order valence-electron chi connectivity index (χ1n) is 9.76. The van der Waals surface area contributed by atoms with Crippen molar-refractivity contribution in [1.29, 1.82) is 0 Å². The zero-order valence-electron chi connectivity index (χ0n) is 16.9. The van der Waals surface area contributed by atoms with Crippen LogP contribution in [0, 0.1) is 0 Å². The fourth-order valence-electron chi connectivity index (χ4n) is 3.31. The van der Waals surface area contributed by atoms with Crippen LogP contribution in [0.3, 0.4) is 0 Å². The summed E-state index contributed by atoms with van der Waals surface area (Å²) in [6.45, 7) is 6.33. The second-order valence-electron chi connectivity index (χ2n) is 6.92. The van der Waals surface area contributed by atoms with E-state index in [-0.39, 0.29) is 5.69 Å². The van der Waals surface area contributed by atoms with Gasteiger partial charge in [-0.05, 0) is 30.2 Å². The fraction of sp³-hybridized carbons (Fsp3) is 0.261. The molecule has 2 aromatic carbocycles. The topological polar surface area (TPSA) is 75.4 Å². The molecule has 1 aromatic heterocycles. The lowest BCUT2D eigenvalue weighted by atomic mass is 10.1. The Balaban J connectivity index is 0.000000755. The SMILES string of the molecule is CC(=O)c1nn(-c2ccccc2N2CCc3ccccc32)cc(O)c1=O.CCC. The minimum absolute atomic E-state index is 0.276. The number of hydrogen-bond acceptors (Lipinski definition) is 5. The molecule has 6 nitrogen and oxygen atoms in total. The maximum atomic E-state index is 11.9. The number of Topliss-reactive ketones (excluding diaryl/α,β-unsaturated/α-hetero) is 1. The summed E-state index contributed by atoms with van der Waals surface area (Å²) in [6.07, 6.45) is 3.43. The molecule has 1 aliphatic heterocycles. The molecule has 0 saturated heterocycles. The molecule has 0 bridgehead atoms. The Kier molecular flexibility index (Phi) is 6.12. The third kappa shape index (κ3) is 4.06. The molecule has 0 radical (unpaired) electrons. The second-order valence-corrected chi connectivity index (χ2v) is 6.92. The van der Waals surface area contributed by atoms with Crippen LogP contribution in [-0.4, -0.2) is 27.2 Å². The van der Waals surface area contributed by atoms with E-state index in [1.165, 1.54) is 29.8 Å². The first-order valence-corrected chi connectivity index (χ1v) is 9.76. The minimum atomic E-state index is -0.752. The number of anilines is 2. The van der Waals surface area contributed by atoms with Crippen molar-refractivity contribution >= 4 is 17.2 Å². The zero-order valence-corrected chi connectivity index (χ0v) is 16.9. The van der Waals surface area contributed by atoms with Gasteiger partial charge >= 0.3 is 0 Å². The van der Waals surface area contributed by atoms with Gasteiger partial charge in [0.15, 0.2) is 17.2 Å². The number of hydrogen-bond donors (Lipinski definition) is 1. The average molecular weight is 391 g/mol. The summed E-state index contributed by atoms with van der Waals surface area (Å²) in [4.78, 5) is 25.8. The molecular formula is C23H25N3O3. The van der Waals surface area contributed by atoms with Gasteiger partial charge in [-0.1, -0.05) is 50.6 Å². The van der Waals surface area contributed by atoms with Gasteiger partial charge in [0, 0.05) is 19.2 Å². The van der Waals surface area contributed by atoms with E-state index in [0.29, 0.717) is 5.69 Å². The Labute approximate surface area is 170 Å². The van der Waals surface area contributed by atoms with Crippen LogP contribution in [0.1, 0.15) is 43.2 Å². The number of para-hydroxylation sites is 3. The number of rotatable bonds is 3. The number of ketones is 1. The average Bonchev–Trinajstić information content (AvgIpc) is 3.14. The highest BCUT2D eigenvalue weighted by atomic mass is 16.3. The number of aromatic nitrogens is 2. The highest BCUT2D eigenvalue weighted by Crippen LogP contribution is 2.37. The van der Waals surface area contributed by atoms with Crippen molar-refractivity contribution in [2.24, 2.45) is 0 Å². The number of carbonyl (C=O) groups is 1. The van der Waals surface area contributed by atoms with Crippen LogP contribution < -0.4 is 10.3 Å². The van der Waals surface area contributed by atoms with Gasteiger partial charge in [0.2, 0.25) is 0 Å². The van der Waals surface area contributed by atoms with Gasteiger partial charge in [-0.2, -0.15) is 5.10 Å². The number of benzene rings is 2. The van der Waals surface area contributed by atoms with Crippen molar-refractivity contribution < 1.29 is 9.90 Å². The lowest BCUT2D eigenvalue weighted by molar-refractivity contribution is 0.100. The first-order chi connectivity index (χ1) is 14.0. The zero-order chi connectivity index (χ0) is 21.0. The molecule has 0 amide bonds. The highest BCUT2D eigenvalue weighted by molar-refractivity contribution is 5.92. The molecule has 0 fully saturated rings. The number of carbonyl (C=O) groups excluding carboxylic acids is 1. The number of nitrogens with zero attached hydrogens (tertiary/aromatic N) is 3. The standard InChI is InChI=1S/C20H17N3O3.C3H8/c1-13(24)19-20(26)18(25)12-23(21-19)17-9-5-4-8-16(17)22-11-10-14-6-2-3-7-15(14)22;1-3-2/h2-9,12,25H,10-11H2,1H3;3H2,1-2H3. The Bertz CT molecular complexity index is 1090. The van der Waals surface area contributed by atoms with Crippen molar-refractivity contribution in [3.05, 3.63) is 76.2 Å². The summed E-state index contributed by atoms with van der Waals surface area (Å²) < 4.78 is 1.39. The third-order valence-corrected chi connectivity index (χ3v) is 4.54. The molecule has 4 rings (SSSR count). The van der Waals surface area contributed by atoms with E-state index < -0.39 is 17.0 Å². The second kappa shape index (κ2) is 8.73. The van der Waals surface area contributed by atoms with E-state index in [1.54, 1.807) is 0 Å². The van der Waals surface area contributed by atoms with E-state index in [1.807, 2.05) is 36.4 Å². The van der Waals surface area contributed by atoms with E-state index in [2.05, 4.69) is 36.0 Å². The van der Waals surface area contributed by atoms with Crippen LogP contribution >= 0.6 is 0 Å². The lowest BCUT2D eigenvalue weighted by Crippen LogP contribution is -2.21. The van der Waals surface area contributed by atoms with E-state index >= 15 is 0 Å². The Morgan fingerprint density at radius 2 is 1.62 bits per heavy atom. The van der Waals surface area contributed by atoms with Crippen LogP contribution in [0.25, 0.3) is 5.69 Å². The molecule has 6 heteroatoms. The van der Waals surface area contributed by atoms with Crippen LogP contribution in [0.15, 0.2) is 59.5 Å². The number of aromatic hydroxyl groups is 1. The van der Waals surface area contributed by atoms with Gasteiger partial charge < -0.3 is 10.0 Å². The van der Waals surface area contributed by atoms with Gasteiger partial charge in [0.1, 0.15) is 0 Å². The van der Waals surface area contributed by atoms with Crippen molar-refractivity contribution in [3.8, 4) is 11.4 Å². The molecule has 29 heavy (non-hydrogen) atoms. The third-order valence-electron chi connectivity index (χ3n) is 4.54. The summed E-state index contributed by atoms with van der Waals surface area (Å²) in [6, 6.07) is 15.8. The van der Waals surface area contributed by atoms with Crippen molar-refractivity contribution in [1.82, 2.24) is 9.78 Å². The molecule has 0 aliphatic carbocycles. The van der Waals surface area contributed by atoms with Gasteiger partial charge in [-0.25, -0.2) is 4.68 Å². The van der Waals surface area contributed by atoms with Gasteiger partial charge in [-0.15, -0.1) is 0 Å². The Hall–Kier alpha value is -3.41. The lowest BCUT2D eigenvalue weighted by Gasteiger charge is -2.23. The summed E-state index contributed by atoms with van der Waals surface area (Å²) in [5.74, 6) is -0.981. The summed E-state index contributed by atoms with van der Waals surface area (Å²) in [5.41, 5.74) is 2.93. The molecule has 1 aliphatic rings. The van der Waals surface area contributed by atoms with Gasteiger partial charge in [-0.3, -0.25) is 9.59 Å². The predicted molar refractivity (Wildman–Crippen MR) is 115 cm³/mol. The smallest absolute Gasteiger partial charge is 0.252 e. The monoisotopic (exact) mass is 391 g/mol. The molecule has 0 unspecified atom stereocenters. The Morgan fingerprint density at radius 3 is 2.28 bits per heavy atom. The molecule has 3 aromatic rings. The van der Waals surface area contributed by atoms with Gasteiger partial charge in [0.25, 0.3) is 5.43 Å². The first kappa shape index (κ1) is 20.3. The fourth-order valence-corrected chi connectivity index (χ4v) is 3.31. The van der Waals surface area contributed by atoms with Crippen molar-refractivity contribution in [3.63, 3.8) is 0 Å². The molecule has 1 N–H and O–H groups in total. The molecule has 2 heterocycles. The van der Waals surface area contributed by atoms with E-state index in [9.17, 15) is 14.7 Å². The largest absolute Gasteiger partial charge is 0.503 e. The molecule has 150 valence electrons. The van der Waals surface area contributed by atoms with Crippen LogP contribution in [0.2, 0.25) is 0 Å². The van der Waals surface area contributed by atoms with Crippen molar-refractivity contribution in [2.45, 2.75) is 33.6 Å². The quantitative estimate of drug-likeness (QED) is 0.676. The summed E-state index contributed by atoms with van der Waals surface area (Å²) in [7, 11) is 0. The summed E-state index contributed by atoms with van der Waals surface area (Å²) in [5, 5.41) is 14.1. The van der Waals surface area contributed by atoms with Crippen LogP contribution in [0.5, 0.6) is 5.75 Å². The summed E-state index contributed by atoms with van der Waals surface area (Å²) >= 11 is 0. The van der Waals surface area contributed by atoms with Crippen LogP contribution in [0.4, 0.5) is 11.4 Å². The van der Waals surface area contributed by atoms with Crippen molar-refractivity contribution in [2.75, 3.05) is 11.4 Å². The maximum Gasteiger partial charge on any atom is 0.252 e.